The number of carbonyl (C=O) groups is 5. The zero-order valence-corrected chi connectivity index (χ0v) is 35.9. The van der Waals surface area contributed by atoms with Crippen LogP contribution in [0, 0.1) is 0 Å². The van der Waals surface area contributed by atoms with Gasteiger partial charge in [-0.25, -0.2) is 19.2 Å². The number of nitrogens with zero attached hydrogens (tertiary/aromatic N) is 4. The van der Waals surface area contributed by atoms with Crippen LogP contribution < -0.4 is 16.0 Å². The van der Waals surface area contributed by atoms with E-state index in [2.05, 4.69) is 20.9 Å². The number of nitrogens with one attached hydrogen (secondary N) is 3. The predicted octanol–water partition coefficient (Wildman–Crippen LogP) is 5.42. The normalized spacial score (nSPS) is 21.8. The Kier molecular flexibility index (Phi) is 18.0. The third-order valence-corrected chi connectivity index (χ3v) is 10.9. The molecule has 3 aliphatic rings. The zero-order chi connectivity index (χ0) is 40.8. The van der Waals surface area contributed by atoms with E-state index in [-0.39, 0.29) is 50.2 Å². The minimum absolute atomic E-state index is 0.0671. The van der Waals surface area contributed by atoms with E-state index in [4.69, 9.17) is 14.2 Å². The number of unbranched alkanes of at least 4 members (excludes halogenated alkanes) is 4. The third kappa shape index (κ3) is 18.1. The van der Waals surface area contributed by atoms with Crippen molar-refractivity contribution >= 4 is 42.0 Å². The molecule has 3 heterocycles. The van der Waals surface area contributed by atoms with Gasteiger partial charge in [0.25, 0.3) is 0 Å². The zero-order valence-electron chi connectivity index (χ0n) is 35.1. The number of amides is 6. The first-order chi connectivity index (χ1) is 25.7. The number of thioether (sulfide) groups is 1. The van der Waals surface area contributed by atoms with Gasteiger partial charge in [-0.3, -0.25) is 9.69 Å². The molecule has 0 bridgehead atoms. The highest BCUT2D eigenvalue weighted by Crippen LogP contribution is 2.33. The number of fused-ring (bicyclic) bond motifs is 1. The Balaban J connectivity index is 1.49. The molecule has 0 aliphatic carbocycles. The van der Waals surface area contributed by atoms with Gasteiger partial charge in [0.15, 0.2) is 0 Å². The monoisotopic (exact) mass is 798 g/mol. The van der Waals surface area contributed by atoms with Crippen molar-refractivity contribution in [1.82, 2.24) is 35.6 Å². The molecule has 0 spiro atoms. The van der Waals surface area contributed by atoms with Crippen molar-refractivity contribution in [3.8, 4) is 0 Å². The molecular formula is C39H71N7O8S. The molecule has 0 aromatic carbocycles. The van der Waals surface area contributed by atoms with Gasteiger partial charge in [0, 0.05) is 76.3 Å². The number of ether oxygens (including phenoxy) is 3. The fourth-order valence-electron chi connectivity index (χ4n) is 6.61. The van der Waals surface area contributed by atoms with Crippen LogP contribution in [0.1, 0.15) is 114 Å². The topological polar surface area (TPSA) is 162 Å². The van der Waals surface area contributed by atoms with Gasteiger partial charge in [-0.2, -0.15) is 11.8 Å². The Morgan fingerprint density at radius 1 is 0.655 bits per heavy atom. The van der Waals surface area contributed by atoms with Gasteiger partial charge in [0.2, 0.25) is 5.91 Å². The fourth-order valence-corrected chi connectivity index (χ4v) is 8.15. The summed E-state index contributed by atoms with van der Waals surface area (Å²) in [6.07, 6.45) is 5.73. The van der Waals surface area contributed by atoms with E-state index < -0.39 is 35.1 Å². The van der Waals surface area contributed by atoms with E-state index in [1.807, 2.05) is 53.3 Å². The van der Waals surface area contributed by atoms with Crippen LogP contribution in [0.15, 0.2) is 0 Å². The summed E-state index contributed by atoms with van der Waals surface area (Å²) in [5.41, 5.74) is -2.06. The molecule has 3 saturated heterocycles. The number of carbonyl (C=O) groups excluding carboxylic acids is 5. The van der Waals surface area contributed by atoms with Gasteiger partial charge in [-0.05, 0) is 94.5 Å². The van der Waals surface area contributed by atoms with Crippen molar-refractivity contribution in [2.75, 3.05) is 71.2 Å². The number of urea groups is 1. The van der Waals surface area contributed by atoms with Gasteiger partial charge < -0.3 is 44.9 Å². The van der Waals surface area contributed by atoms with E-state index in [0.29, 0.717) is 44.4 Å². The highest BCUT2D eigenvalue weighted by molar-refractivity contribution is 8.00. The molecule has 3 N–H and O–H groups in total. The molecule has 316 valence electrons. The lowest BCUT2D eigenvalue weighted by Crippen LogP contribution is -2.51. The highest BCUT2D eigenvalue weighted by atomic mass is 32.2. The van der Waals surface area contributed by atoms with E-state index in [1.165, 1.54) is 0 Å². The summed E-state index contributed by atoms with van der Waals surface area (Å²) in [6, 6.07) is 0.367. The first-order valence-electron chi connectivity index (χ1n) is 20.3. The molecule has 0 saturated carbocycles. The molecule has 15 nitrogen and oxygen atoms in total. The second kappa shape index (κ2) is 21.4. The first-order valence-corrected chi connectivity index (χ1v) is 21.4. The van der Waals surface area contributed by atoms with Gasteiger partial charge in [0.1, 0.15) is 16.8 Å². The molecule has 0 aromatic rings. The molecule has 3 rings (SSSR count). The highest BCUT2D eigenvalue weighted by Gasteiger charge is 2.42. The predicted molar refractivity (Wildman–Crippen MR) is 215 cm³/mol. The van der Waals surface area contributed by atoms with Gasteiger partial charge in [0.05, 0.1) is 12.1 Å². The quantitative estimate of drug-likeness (QED) is 0.132. The van der Waals surface area contributed by atoms with Crippen molar-refractivity contribution in [1.29, 1.82) is 0 Å². The lowest BCUT2D eigenvalue weighted by Gasteiger charge is -2.35. The molecule has 0 aromatic heterocycles. The molecular weight excluding hydrogens is 727 g/mol. The van der Waals surface area contributed by atoms with Crippen LogP contribution >= 0.6 is 11.8 Å². The fraction of sp³-hybridized carbons (Fsp3) is 0.872. The Morgan fingerprint density at radius 2 is 1.13 bits per heavy atom. The van der Waals surface area contributed by atoms with E-state index in [0.717, 1.165) is 57.2 Å². The summed E-state index contributed by atoms with van der Waals surface area (Å²) in [5.74, 6) is 1.04. The smallest absolute Gasteiger partial charge is 0.410 e. The summed E-state index contributed by atoms with van der Waals surface area (Å²) in [7, 11) is 0. The average molecular weight is 798 g/mol. The van der Waals surface area contributed by atoms with Crippen molar-refractivity contribution in [2.24, 2.45) is 0 Å². The number of rotatable bonds is 12. The minimum Gasteiger partial charge on any atom is -0.444 e. The molecule has 3 atom stereocenters. The summed E-state index contributed by atoms with van der Waals surface area (Å²) in [5, 5.41) is 9.48. The number of hydrogen-bond acceptors (Lipinski definition) is 10. The number of hydrogen-bond donors (Lipinski definition) is 3. The average Bonchev–Trinajstić information content (AvgIpc) is 3.60. The van der Waals surface area contributed by atoms with Crippen LogP contribution in [-0.2, 0) is 19.0 Å². The van der Waals surface area contributed by atoms with Crippen LogP contribution in [0.2, 0.25) is 0 Å². The van der Waals surface area contributed by atoms with Crippen LogP contribution in [0.25, 0.3) is 0 Å². The van der Waals surface area contributed by atoms with Gasteiger partial charge in [-0.15, -0.1) is 0 Å². The summed E-state index contributed by atoms with van der Waals surface area (Å²) in [4.78, 5) is 71.1. The van der Waals surface area contributed by atoms with Crippen molar-refractivity contribution in [3.63, 3.8) is 0 Å². The lowest BCUT2D eigenvalue weighted by molar-refractivity contribution is -0.121. The second-order valence-corrected chi connectivity index (χ2v) is 19.1. The van der Waals surface area contributed by atoms with Crippen LogP contribution in [0.4, 0.5) is 19.2 Å². The molecule has 6 amide bonds. The third-order valence-electron chi connectivity index (χ3n) is 9.41. The summed E-state index contributed by atoms with van der Waals surface area (Å²) >= 11 is 1.90. The Bertz CT molecular complexity index is 1220. The molecule has 3 aliphatic heterocycles. The lowest BCUT2D eigenvalue weighted by atomic mass is 10.0. The van der Waals surface area contributed by atoms with Gasteiger partial charge in [-0.1, -0.05) is 19.3 Å². The molecule has 3 fully saturated rings. The molecule has 16 heteroatoms. The van der Waals surface area contributed by atoms with E-state index in [1.54, 1.807) is 35.5 Å². The molecule has 0 radical (unpaired) electrons. The minimum atomic E-state index is -0.708. The van der Waals surface area contributed by atoms with Crippen molar-refractivity contribution in [2.45, 2.75) is 148 Å². The maximum atomic E-state index is 13.3. The Morgan fingerprint density at radius 3 is 1.62 bits per heavy atom. The molecule has 0 unspecified atom stereocenters. The molecule has 55 heavy (non-hydrogen) atoms. The maximum absolute atomic E-state index is 13.3. The van der Waals surface area contributed by atoms with Crippen LogP contribution in [-0.4, -0.2) is 155 Å². The van der Waals surface area contributed by atoms with E-state index in [9.17, 15) is 24.0 Å². The SMILES string of the molecule is CC(C)(C)OC(=O)N1CCN(CCCCCCNC(=O)CCCC[C@@H]2SC[C@@H]3NC(=O)N[C@@H]32)CCN(C(=O)OC(C)(C)C)CCN(C(=O)OC(C)(C)C)CC1. The van der Waals surface area contributed by atoms with Crippen molar-refractivity contribution in [3.05, 3.63) is 0 Å². The van der Waals surface area contributed by atoms with Crippen molar-refractivity contribution < 1.29 is 38.2 Å². The van der Waals surface area contributed by atoms with Crippen LogP contribution in [0.5, 0.6) is 0 Å². The standard InChI is InChI=1S/C39H71N7O8S/c1-37(2,3)52-34(49)44-22-20-43(21-23-45(35(50)53-38(4,5)6)25-27-46(26-24-44)36(51)54-39(7,8)9)19-15-11-10-14-18-40-31(47)17-13-12-16-30-32-29(28-55-30)41-33(48)42-32/h29-30,32H,10-28H2,1-9H3,(H,40,47)(H2,41,42,48)/t29-,30-,32-/m0/s1. The first kappa shape index (κ1) is 46.2. The Labute approximate surface area is 334 Å². The Hall–Kier alpha value is -3.14. The van der Waals surface area contributed by atoms with E-state index >= 15 is 0 Å². The largest absolute Gasteiger partial charge is 0.444 e. The van der Waals surface area contributed by atoms with Crippen LogP contribution in [0.3, 0.4) is 0 Å². The maximum Gasteiger partial charge on any atom is 0.410 e. The summed E-state index contributed by atoms with van der Waals surface area (Å²) < 4.78 is 17.2. The van der Waals surface area contributed by atoms with Gasteiger partial charge >= 0.3 is 24.3 Å². The summed E-state index contributed by atoms with van der Waals surface area (Å²) in [6.45, 7) is 20.7. The second-order valence-electron chi connectivity index (χ2n) is 17.9.